The first-order valence-electron chi connectivity index (χ1n) is 6.90. The summed E-state index contributed by atoms with van der Waals surface area (Å²) in [5, 5.41) is 0. The van der Waals surface area contributed by atoms with Crippen LogP contribution in [0.3, 0.4) is 0 Å². The molecule has 7 unspecified atom stereocenters. The first-order chi connectivity index (χ1) is 8.14. The Morgan fingerprint density at radius 3 is 2.82 bits per heavy atom. The van der Waals surface area contributed by atoms with E-state index in [0.717, 1.165) is 30.1 Å². The molecule has 2 heteroatoms. The highest BCUT2D eigenvalue weighted by atomic mass is 16.5. The number of carbonyl (C=O) groups is 1. The molecule has 0 saturated heterocycles. The van der Waals surface area contributed by atoms with Gasteiger partial charge < -0.3 is 4.74 Å². The van der Waals surface area contributed by atoms with Crippen molar-refractivity contribution in [1.29, 1.82) is 0 Å². The van der Waals surface area contributed by atoms with Gasteiger partial charge in [0.15, 0.2) is 0 Å². The van der Waals surface area contributed by atoms with E-state index in [4.69, 9.17) is 4.74 Å². The third kappa shape index (κ3) is 1.05. The summed E-state index contributed by atoms with van der Waals surface area (Å²) in [4.78, 5) is 11.9. The molecular formula is C15H20O2. The second-order valence-electron chi connectivity index (χ2n) is 6.91. The van der Waals surface area contributed by atoms with Crippen LogP contribution < -0.4 is 0 Å². The van der Waals surface area contributed by atoms with Crippen LogP contribution in [0.25, 0.3) is 0 Å². The summed E-state index contributed by atoms with van der Waals surface area (Å²) in [6, 6.07) is 0. The van der Waals surface area contributed by atoms with Crippen molar-refractivity contribution < 1.29 is 9.53 Å². The minimum Gasteiger partial charge on any atom is -0.469 e. The van der Waals surface area contributed by atoms with E-state index < -0.39 is 0 Å². The maximum Gasteiger partial charge on any atom is 0.308 e. The molecule has 92 valence electrons. The average molecular weight is 232 g/mol. The number of allylic oxidation sites excluding steroid dienone is 2. The molecule has 2 nitrogen and oxygen atoms in total. The molecule has 0 radical (unpaired) electrons. The predicted molar refractivity (Wildman–Crippen MR) is 64.1 cm³/mol. The summed E-state index contributed by atoms with van der Waals surface area (Å²) in [7, 11) is 1.54. The summed E-state index contributed by atoms with van der Waals surface area (Å²) in [6.45, 7) is 2.42. The van der Waals surface area contributed by atoms with Crippen LogP contribution in [0.5, 0.6) is 0 Å². The van der Waals surface area contributed by atoms with Gasteiger partial charge in [-0.15, -0.1) is 0 Å². The summed E-state index contributed by atoms with van der Waals surface area (Å²) in [6.07, 6.45) is 8.56. The molecule has 0 aliphatic heterocycles. The van der Waals surface area contributed by atoms with Gasteiger partial charge in [-0.2, -0.15) is 0 Å². The Bertz CT molecular complexity index is 413. The Morgan fingerprint density at radius 1 is 1.29 bits per heavy atom. The molecule has 4 rings (SSSR count). The standard InChI is InChI=1S/C15H20O2/c1-15-6-10(11(7-15)14(16)17-2)12-8-3-4-9(5-8)13(12)15/h3-4,8-13H,5-7H2,1-2H3. The zero-order valence-corrected chi connectivity index (χ0v) is 10.6. The quantitative estimate of drug-likeness (QED) is 0.395. The molecule has 0 spiro atoms. The van der Waals surface area contributed by atoms with E-state index in [9.17, 15) is 4.79 Å². The van der Waals surface area contributed by atoms with Gasteiger partial charge >= 0.3 is 5.97 Å². The lowest BCUT2D eigenvalue weighted by molar-refractivity contribution is -0.149. The van der Waals surface area contributed by atoms with Gasteiger partial charge in [-0.3, -0.25) is 4.79 Å². The smallest absolute Gasteiger partial charge is 0.308 e. The van der Waals surface area contributed by atoms with Crippen molar-refractivity contribution in [2.24, 2.45) is 40.9 Å². The molecule has 17 heavy (non-hydrogen) atoms. The Balaban J connectivity index is 1.71. The van der Waals surface area contributed by atoms with Crippen LogP contribution in [0.1, 0.15) is 26.2 Å². The molecule has 4 aliphatic carbocycles. The number of esters is 1. The molecule has 0 aromatic carbocycles. The average Bonchev–Trinajstić information content (AvgIpc) is 3.02. The highest BCUT2D eigenvalue weighted by Gasteiger charge is 2.67. The highest BCUT2D eigenvalue weighted by molar-refractivity contribution is 5.73. The van der Waals surface area contributed by atoms with E-state index >= 15 is 0 Å². The lowest BCUT2D eigenvalue weighted by Gasteiger charge is -2.40. The highest BCUT2D eigenvalue weighted by Crippen LogP contribution is 2.72. The molecule has 7 atom stereocenters. The van der Waals surface area contributed by atoms with E-state index in [1.54, 1.807) is 0 Å². The van der Waals surface area contributed by atoms with Gasteiger partial charge in [0.25, 0.3) is 0 Å². The molecule has 4 bridgehead atoms. The van der Waals surface area contributed by atoms with Crippen molar-refractivity contribution in [3.8, 4) is 0 Å². The lowest BCUT2D eigenvalue weighted by Crippen LogP contribution is -2.38. The Labute approximate surface area is 102 Å². The predicted octanol–water partition coefficient (Wildman–Crippen LogP) is 2.64. The van der Waals surface area contributed by atoms with Crippen molar-refractivity contribution in [2.45, 2.75) is 26.2 Å². The van der Waals surface area contributed by atoms with Gasteiger partial charge in [0, 0.05) is 0 Å². The molecule has 0 aromatic heterocycles. The van der Waals surface area contributed by atoms with Crippen molar-refractivity contribution >= 4 is 5.97 Å². The number of fused-ring (bicyclic) bond motifs is 9. The van der Waals surface area contributed by atoms with Gasteiger partial charge in [-0.05, 0) is 54.3 Å². The second kappa shape index (κ2) is 2.96. The van der Waals surface area contributed by atoms with Gasteiger partial charge in [0.1, 0.15) is 0 Å². The molecule has 4 aliphatic rings. The van der Waals surface area contributed by atoms with Crippen LogP contribution in [0, 0.1) is 40.9 Å². The molecule has 0 heterocycles. The minimum atomic E-state index is 0.0453. The van der Waals surface area contributed by atoms with Crippen LogP contribution in [0.4, 0.5) is 0 Å². The van der Waals surface area contributed by atoms with E-state index in [-0.39, 0.29) is 11.9 Å². The molecule has 0 amide bonds. The Hall–Kier alpha value is -0.790. The molecule has 0 aromatic rings. The van der Waals surface area contributed by atoms with Gasteiger partial charge in [-0.1, -0.05) is 19.1 Å². The third-order valence-electron chi connectivity index (χ3n) is 6.23. The zero-order chi connectivity index (χ0) is 11.8. The molecular weight excluding hydrogens is 212 g/mol. The van der Waals surface area contributed by atoms with Crippen molar-refractivity contribution in [3.05, 3.63) is 12.2 Å². The van der Waals surface area contributed by atoms with Crippen LogP contribution >= 0.6 is 0 Å². The summed E-state index contributed by atoms with van der Waals surface area (Å²) in [5.41, 5.74) is 0.415. The Morgan fingerprint density at radius 2 is 2.06 bits per heavy atom. The third-order valence-corrected chi connectivity index (χ3v) is 6.23. The normalized spacial score (nSPS) is 57.5. The number of carbonyl (C=O) groups excluding carboxylic acids is 1. The largest absolute Gasteiger partial charge is 0.469 e. The van der Waals surface area contributed by atoms with E-state index in [2.05, 4.69) is 19.1 Å². The fraction of sp³-hybridized carbons (Fsp3) is 0.800. The van der Waals surface area contributed by atoms with Gasteiger partial charge in [0.2, 0.25) is 0 Å². The fourth-order valence-corrected chi connectivity index (χ4v) is 5.93. The second-order valence-corrected chi connectivity index (χ2v) is 6.91. The van der Waals surface area contributed by atoms with Crippen molar-refractivity contribution in [2.75, 3.05) is 7.11 Å². The van der Waals surface area contributed by atoms with Crippen LogP contribution in [-0.2, 0) is 9.53 Å². The summed E-state index contributed by atoms with van der Waals surface area (Å²) < 4.78 is 5.00. The number of rotatable bonds is 1. The maximum absolute atomic E-state index is 11.9. The van der Waals surface area contributed by atoms with Gasteiger partial charge in [0.05, 0.1) is 13.0 Å². The number of hydrogen-bond donors (Lipinski definition) is 0. The zero-order valence-electron chi connectivity index (χ0n) is 10.6. The van der Waals surface area contributed by atoms with Crippen LogP contribution in [0.2, 0.25) is 0 Å². The van der Waals surface area contributed by atoms with E-state index in [1.165, 1.54) is 20.0 Å². The topological polar surface area (TPSA) is 26.3 Å². The first-order valence-corrected chi connectivity index (χ1v) is 6.90. The first kappa shape index (κ1) is 10.2. The number of ether oxygens (including phenoxy) is 1. The molecule has 0 N–H and O–H groups in total. The van der Waals surface area contributed by atoms with Crippen molar-refractivity contribution in [1.82, 2.24) is 0 Å². The SMILES string of the molecule is COC(=O)C1CC2(C)CC1C1C3C=CC(C3)C12. The maximum atomic E-state index is 11.9. The van der Waals surface area contributed by atoms with Gasteiger partial charge in [-0.25, -0.2) is 0 Å². The summed E-state index contributed by atoms with van der Waals surface area (Å²) >= 11 is 0. The fourth-order valence-electron chi connectivity index (χ4n) is 5.93. The van der Waals surface area contributed by atoms with Crippen LogP contribution in [0.15, 0.2) is 12.2 Å². The van der Waals surface area contributed by atoms with E-state index in [0.29, 0.717) is 11.3 Å². The number of methoxy groups -OCH3 is 1. The molecule has 3 fully saturated rings. The van der Waals surface area contributed by atoms with Crippen LogP contribution in [-0.4, -0.2) is 13.1 Å². The monoisotopic (exact) mass is 232 g/mol. The van der Waals surface area contributed by atoms with Crippen molar-refractivity contribution in [3.63, 3.8) is 0 Å². The molecule has 3 saturated carbocycles. The Kier molecular flexibility index (Phi) is 1.77. The minimum absolute atomic E-state index is 0.0453. The summed E-state index contributed by atoms with van der Waals surface area (Å²) in [5.74, 6) is 4.08. The lowest BCUT2D eigenvalue weighted by atomic mass is 9.64. The number of hydrogen-bond acceptors (Lipinski definition) is 2. The van der Waals surface area contributed by atoms with E-state index in [1.807, 2.05) is 0 Å².